The number of alkyl halides is 1. The monoisotopic (exact) mass is 614 g/mol. The van der Waals surface area contributed by atoms with Gasteiger partial charge in [-0.15, -0.1) is 6.42 Å². The summed E-state index contributed by atoms with van der Waals surface area (Å²) < 4.78 is 50.1. The van der Waals surface area contributed by atoms with Crippen molar-refractivity contribution in [3.8, 4) is 35.2 Å². The van der Waals surface area contributed by atoms with Crippen molar-refractivity contribution in [1.29, 1.82) is 0 Å². The number of terminal acetylenes is 1. The zero-order chi connectivity index (χ0) is 30.2. The lowest BCUT2D eigenvalue weighted by Crippen LogP contribution is -2.47. The highest BCUT2D eigenvalue weighted by Crippen LogP contribution is 2.43. The summed E-state index contributed by atoms with van der Waals surface area (Å²) in [6, 6.07) is 12.2. The summed E-state index contributed by atoms with van der Waals surface area (Å²) in [5.74, 6) is 3.76. The van der Waals surface area contributed by atoms with Gasteiger partial charge in [-0.05, 0) is 67.4 Å². The molecule has 4 atom stereocenters. The average Bonchev–Trinajstić information content (AvgIpc) is 3.62. The van der Waals surface area contributed by atoms with Gasteiger partial charge >= 0.3 is 6.01 Å². The van der Waals surface area contributed by atoms with E-state index in [1.165, 1.54) is 6.07 Å². The van der Waals surface area contributed by atoms with Crippen LogP contribution in [-0.2, 0) is 10.8 Å². The SMILES string of the molecule is C#Cc1cccc2cc(O)cc(-c3ccc4c(N5C6CCC5CS(=O)C6)nc(OC[C@@]56CCCN5C[C@H](F)C6)nc4c3F)c12. The van der Waals surface area contributed by atoms with Crippen molar-refractivity contribution in [2.24, 2.45) is 0 Å². The molecule has 5 heterocycles. The second-order valence-corrected chi connectivity index (χ2v) is 14.2. The molecule has 0 spiro atoms. The molecule has 44 heavy (non-hydrogen) atoms. The fourth-order valence-electron chi connectivity index (χ4n) is 8.12. The van der Waals surface area contributed by atoms with Crippen LogP contribution >= 0.6 is 0 Å². The first-order valence-corrected chi connectivity index (χ1v) is 16.7. The number of aromatic nitrogens is 2. The van der Waals surface area contributed by atoms with Crippen LogP contribution in [-0.4, -0.2) is 79.2 Å². The fourth-order valence-corrected chi connectivity index (χ4v) is 9.77. The molecule has 4 fully saturated rings. The molecule has 4 aliphatic heterocycles. The maximum atomic E-state index is 16.9. The molecule has 2 unspecified atom stereocenters. The first-order chi connectivity index (χ1) is 21.3. The third-order valence-corrected chi connectivity index (χ3v) is 11.5. The van der Waals surface area contributed by atoms with Crippen molar-refractivity contribution in [3.05, 3.63) is 53.8 Å². The Labute approximate surface area is 256 Å². The van der Waals surface area contributed by atoms with E-state index in [0.717, 1.165) is 32.2 Å². The summed E-state index contributed by atoms with van der Waals surface area (Å²) in [6.45, 7) is 1.45. The highest BCUT2D eigenvalue weighted by Gasteiger charge is 2.49. The molecule has 1 N–H and O–H groups in total. The first-order valence-electron chi connectivity index (χ1n) is 15.2. The minimum Gasteiger partial charge on any atom is -0.508 e. The van der Waals surface area contributed by atoms with Crippen LogP contribution in [0.4, 0.5) is 14.6 Å². The Balaban J connectivity index is 1.29. The number of hydrogen-bond acceptors (Lipinski definition) is 7. The summed E-state index contributed by atoms with van der Waals surface area (Å²) >= 11 is 0. The number of anilines is 1. The second kappa shape index (κ2) is 10.4. The summed E-state index contributed by atoms with van der Waals surface area (Å²) in [5, 5.41) is 12.5. The molecule has 10 heteroatoms. The van der Waals surface area contributed by atoms with E-state index in [-0.39, 0.29) is 41.5 Å². The number of phenols is 1. The van der Waals surface area contributed by atoms with Crippen molar-refractivity contribution in [3.63, 3.8) is 0 Å². The quantitative estimate of drug-likeness (QED) is 0.305. The molecule has 4 aromatic rings. The number of phenolic OH excluding ortho intramolecular Hbond substituents is 1. The Hall–Kier alpha value is -3.81. The van der Waals surface area contributed by atoms with Gasteiger partial charge in [-0.25, -0.2) is 8.78 Å². The number of rotatable bonds is 5. The number of ether oxygens (including phenoxy) is 1. The van der Waals surface area contributed by atoms with Gasteiger partial charge in [-0.3, -0.25) is 9.11 Å². The summed E-state index contributed by atoms with van der Waals surface area (Å²) in [5.41, 5.74) is 0.982. The standard InChI is InChI=1S/C34H32F2N4O3S/c1-2-20-5-3-6-21-13-25(41)14-28(29(20)21)26-9-10-27-31(30(26)36)37-33(43-19-34-11-4-12-39(34)16-22(35)15-34)38-32(27)40-23-7-8-24(40)18-44(42)17-23/h1,3,5-6,9-10,13-14,22-24,41H,4,7-8,11-12,15-19H2/t22-,23?,24?,34+,44?/m1/s1. The van der Waals surface area contributed by atoms with Gasteiger partial charge < -0.3 is 14.7 Å². The maximum Gasteiger partial charge on any atom is 0.319 e. The molecular weight excluding hydrogens is 582 g/mol. The van der Waals surface area contributed by atoms with Crippen LogP contribution in [0, 0.1) is 18.2 Å². The minimum atomic E-state index is -0.907. The van der Waals surface area contributed by atoms with Gasteiger partial charge in [0.05, 0.1) is 5.54 Å². The molecule has 0 radical (unpaired) electrons. The highest BCUT2D eigenvalue weighted by molar-refractivity contribution is 7.85. The van der Waals surface area contributed by atoms with Crippen LogP contribution in [0.5, 0.6) is 11.8 Å². The first kappa shape index (κ1) is 27.7. The third kappa shape index (κ3) is 4.35. The van der Waals surface area contributed by atoms with Gasteiger partial charge in [-0.2, -0.15) is 9.97 Å². The van der Waals surface area contributed by atoms with Gasteiger partial charge in [0.25, 0.3) is 0 Å². The van der Waals surface area contributed by atoms with Crippen LogP contribution in [0.2, 0.25) is 0 Å². The van der Waals surface area contributed by atoms with Gasteiger partial charge in [0.1, 0.15) is 29.9 Å². The average molecular weight is 615 g/mol. The molecule has 3 aromatic carbocycles. The van der Waals surface area contributed by atoms with Gasteiger partial charge in [0.2, 0.25) is 0 Å². The van der Waals surface area contributed by atoms with E-state index < -0.39 is 28.3 Å². The van der Waals surface area contributed by atoms with E-state index >= 15 is 4.39 Å². The molecule has 8 rings (SSSR count). The maximum absolute atomic E-state index is 16.9. The summed E-state index contributed by atoms with van der Waals surface area (Å²) in [4.78, 5) is 13.8. The Morgan fingerprint density at radius 1 is 1.14 bits per heavy atom. The topological polar surface area (TPSA) is 78.8 Å². The van der Waals surface area contributed by atoms with Gasteiger partial charge in [-0.1, -0.05) is 24.1 Å². The Kier molecular flexibility index (Phi) is 6.54. The molecule has 2 bridgehead atoms. The van der Waals surface area contributed by atoms with Crippen molar-refractivity contribution in [2.75, 3.05) is 36.1 Å². The van der Waals surface area contributed by atoms with Crippen molar-refractivity contribution >= 4 is 38.3 Å². The number of hydrogen-bond donors (Lipinski definition) is 1. The number of fused-ring (bicyclic) bond motifs is 5. The Morgan fingerprint density at radius 2 is 1.95 bits per heavy atom. The van der Waals surface area contributed by atoms with Crippen molar-refractivity contribution in [2.45, 2.75) is 55.9 Å². The lowest BCUT2D eigenvalue weighted by molar-refractivity contribution is 0.107. The van der Waals surface area contributed by atoms with Gasteiger partial charge in [0, 0.05) is 69.3 Å². The summed E-state index contributed by atoms with van der Waals surface area (Å²) in [6.07, 6.45) is 8.90. The Bertz CT molecular complexity index is 1880. The highest BCUT2D eigenvalue weighted by atomic mass is 32.2. The molecular formula is C34H32F2N4O3S. The molecule has 0 saturated carbocycles. The van der Waals surface area contributed by atoms with Crippen LogP contribution in [0.25, 0.3) is 32.8 Å². The van der Waals surface area contributed by atoms with Crippen LogP contribution in [0.3, 0.4) is 0 Å². The van der Waals surface area contributed by atoms with E-state index in [2.05, 4.69) is 20.7 Å². The second-order valence-electron chi connectivity index (χ2n) is 12.6. The van der Waals surface area contributed by atoms with Crippen LogP contribution < -0.4 is 9.64 Å². The number of aromatic hydroxyl groups is 1. The van der Waals surface area contributed by atoms with E-state index in [9.17, 15) is 13.7 Å². The number of nitrogens with zero attached hydrogens (tertiary/aromatic N) is 4. The zero-order valence-electron chi connectivity index (χ0n) is 24.1. The predicted octanol–water partition coefficient (Wildman–Crippen LogP) is 5.33. The predicted molar refractivity (Wildman–Crippen MR) is 168 cm³/mol. The molecule has 226 valence electrons. The Morgan fingerprint density at radius 3 is 2.75 bits per heavy atom. The normalized spacial score (nSPS) is 28.1. The van der Waals surface area contributed by atoms with E-state index in [1.54, 1.807) is 24.3 Å². The molecule has 4 saturated heterocycles. The lowest BCUT2D eigenvalue weighted by atomic mass is 9.93. The molecule has 0 aliphatic carbocycles. The van der Waals surface area contributed by atoms with Crippen molar-refractivity contribution in [1.82, 2.24) is 14.9 Å². The smallest absolute Gasteiger partial charge is 0.319 e. The van der Waals surface area contributed by atoms with Crippen molar-refractivity contribution < 1.29 is 22.8 Å². The van der Waals surface area contributed by atoms with Crippen LogP contribution in [0.1, 0.15) is 37.7 Å². The van der Waals surface area contributed by atoms with E-state index in [4.69, 9.17) is 16.1 Å². The number of benzene rings is 3. The third-order valence-electron chi connectivity index (χ3n) is 10.0. The lowest BCUT2D eigenvalue weighted by Gasteiger charge is -2.36. The largest absolute Gasteiger partial charge is 0.508 e. The molecule has 7 nitrogen and oxygen atoms in total. The minimum absolute atomic E-state index is 0.00503. The van der Waals surface area contributed by atoms with E-state index in [0.29, 0.717) is 57.6 Å². The summed E-state index contributed by atoms with van der Waals surface area (Å²) in [7, 11) is -0.907. The molecule has 1 aromatic heterocycles. The molecule has 0 amide bonds. The zero-order valence-corrected chi connectivity index (χ0v) is 25.0. The molecule has 4 aliphatic rings. The fraction of sp³-hybridized carbons (Fsp3) is 0.412. The van der Waals surface area contributed by atoms with Crippen LogP contribution in [0.15, 0.2) is 42.5 Å². The number of halogens is 2. The van der Waals surface area contributed by atoms with Gasteiger partial charge in [0.15, 0.2) is 5.82 Å². The van der Waals surface area contributed by atoms with E-state index in [1.807, 2.05) is 12.1 Å².